The molecule has 0 saturated carbocycles. The molecule has 0 spiro atoms. The lowest BCUT2D eigenvalue weighted by Gasteiger charge is -2.09. The molecule has 2 N–H and O–H groups in total. The molecule has 2 aromatic heterocycles. The highest BCUT2D eigenvalue weighted by Gasteiger charge is 2.08. The molecule has 0 fully saturated rings. The Bertz CT molecular complexity index is 617. The van der Waals surface area contributed by atoms with Gasteiger partial charge in [0.25, 0.3) is 0 Å². The van der Waals surface area contributed by atoms with Crippen molar-refractivity contribution >= 4 is 17.3 Å². The summed E-state index contributed by atoms with van der Waals surface area (Å²) in [6.07, 6.45) is 2.79. The Morgan fingerprint density at radius 1 is 1.41 bits per heavy atom. The first kappa shape index (κ1) is 16.5. The zero-order valence-corrected chi connectivity index (χ0v) is 14.3. The van der Waals surface area contributed by atoms with E-state index in [2.05, 4.69) is 46.5 Å². The summed E-state index contributed by atoms with van der Waals surface area (Å²) >= 11 is 1.73. The summed E-state index contributed by atoms with van der Waals surface area (Å²) in [5, 5.41) is 11.7. The largest absolute Gasteiger partial charge is 0.359 e. The standard InChI is InChI=1S/C15H23N5OS/c1-10(2)13-7-12(21-20-13)9-19-15(16-4)17-6-5-14-18-8-11(3)22-14/h7-8,10H,5-6,9H2,1-4H3,(H2,16,17,19). The van der Waals surface area contributed by atoms with Crippen molar-refractivity contribution < 1.29 is 4.52 Å². The molecule has 2 rings (SSSR count). The van der Waals surface area contributed by atoms with E-state index in [1.54, 1.807) is 18.4 Å². The van der Waals surface area contributed by atoms with Crippen molar-refractivity contribution in [1.82, 2.24) is 20.8 Å². The number of aliphatic imine (C=N–C) groups is 1. The van der Waals surface area contributed by atoms with Gasteiger partial charge >= 0.3 is 0 Å². The molecule has 0 saturated heterocycles. The molecule has 6 nitrogen and oxygen atoms in total. The van der Waals surface area contributed by atoms with Crippen LogP contribution in [0.3, 0.4) is 0 Å². The average molecular weight is 321 g/mol. The minimum atomic E-state index is 0.372. The molecule has 22 heavy (non-hydrogen) atoms. The van der Waals surface area contributed by atoms with Gasteiger partial charge in [-0.15, -0.1) is 11.3 Å². The van der Waals surface area contributed by atoms with Crippen LogP contribution in [-0.2, 0) is 13.0 Å². The summed E-state index contributed by atoms with van der Waals surface area (Å²) < 4.78 is 5.29. The van der Waals surface area contributed by atoms with Gasteiger partial charge in [-0.3, -0.25) is 4.99 Å². The summed E-state index contributed by atoms with van der Waals surface area (Å²) in [5.74, 6) is 1.93. The van der Waals surface area contributed by atoms with Gasteiger partial charge in [-0.05, 0) is 12.8 Å². The van der Waals surface area contributed by atoms with E-state index in [-0.39, 0.29) is 0 Å². The second-order valence-electron chi connectivity index (χ2n) is 5.34. The fraction of sp³-hybridized carbons (Fsp3) is 0.533. The number of aromatic nitrogens is 2. The number of hydrogen-bond donors (Lipinski definition) is 2. The van der Waals surface area contributed by atoms with Gasteiger partial charge in [0.1, 0.15) is 0 Å². The molecule has 2 heterocycles. The predicted octanol–water partition coefficient (Wildman–Crippen LogP) is 2.47. The summed E-state index contributed by atoms with van der Waals surface area (Å²) in [6.45, 7) is 7.61. The highest BCUT2D eigenvalue weighted by atomic mass is 32.1. The number of guanidine groups is 1. The van der Waals surface area contributed by atoms with Crippen LogP contribution in [0.4, 0.5) is 0 Å². The van der Waals surface area contributed by atoms with Crippen LogP contribution in [0.25, 0.3) is 0 Å². The van der Waals surface area contributed by atoms with E-state index in [9.17, 15) is 0 Å². The van der Waals surface area contributed by atoms with Gasteiger partial charge in [-0.2, -0.15) is 0 Å². The van der Waals surface area contributed by atoms with Crippen LogP contribution in [0.5, 0.6) is 0 Å². The van der Waals surface area contributed by atoms with Gasteiger partial charge in [-0.25, -0.2) is 4.98 Å². The molecule has 0 aliphatic rings. The Hall–Kier alpha value is -1.89. The Morgan fingerprint density at radius 3 is 2.82 bits per heavy atom. The molecule has 0 unspecified atom stereocenters. The van der Waals surface area contributed by atoms with Crippen LogP contribution in [0.2, 0.25) is 0 Å². The minimum Gasteiger partial charge on any atom is -0.359 e. The summed E-state index contributed by atoms with van der Waals surface area (Å²) in [7, 11) is 1.75. The minimum absolute atomic E-state index is 0.372. The van der Waals surface area contributed by atoms with E-state index in [1.165, 1.54) is 4.88 Å². The fourth-order valence-electron chi connectivity index (χ4n) is 1.88. The maximum absolute atomic E-state index is 5.29. The maximum atomic E-state index is 5.29. The molecular weight excluding hydrogens is 298 g/mol. The lowest BCUT2D eigenvalue weighted by Crippen LogP contribution is -2.37. The van der Waals surface area contributed by atoms with Gasteiger partial charge in [0, 0.05) is 37.2 Å². The van der Waals surface area contributed by atoms with Crippen molar-refractivity contribution in [2.45, 2.75) is 39.7 Å². The van der Waals surface area contributed by atoms with Crippen molar-refractivity contribution in [2.75, 3.05) is 13.6 Å². The maximum Gasteiger partial charge on any atom is 0.191 e. The monoisotopic (exact) mass is 321 g/mol. The molecule has 0 aromatic carbocycles. The Kier molecular flexibility index (Phi) is 5.94. The number of nitrogens with one attached hydrogen (secondary N) is 2. The van der Waals surface area contributed by atoms with Crippen LogP contribution in [0, 0.1) is 6.92 Å². The summed E-state index contributed by atoms with van der Waals surface area (Å²) in [4.78, 5) is 9.78. The zero-order chi connectivity index (χ0) is 15.9. The lowest BCUT2D eigenvalue weighted by atomic mass is 10.1. The molecule has 7 heteroatoms. The van der Waals surface area contributed by atoms with Gasteiger partial charge in [-0.1, -0.05) is 19.0 Å². The first-order valence-corrected chi connectivity index (χ1v) is 8.21. The van der Waals surface area contributed by atoms with Crippen LogP contribution >= 0.6 is 11.3 Å². The summed E-state index contributed by atoms with van der Waals surface area (Å²) in [5.41, 5.74) is 0.971. The smallest absolute Gasteiger partial charge is 0.191 e. The summed E-state index contributed by atoms with van der Waals surface area (Å²) in [6, 6.07) is 1.98. The highest BCUT2D eigenvalue weighted by molar-refractivity contribution is 7.11. The third kappa shape index (κ3) is 4.84. The molecule has 0 radical (unpaired) electrons. The predicted molar refractivity (Wildman–Crippen MR) is 89.3 cm³/mol. The Balaban J connectivity index is 1.74. The van der Waals surface area contributed by atoms with Crippen molar-refractivity contribution in [2.24, 2.45) is 4.99 Å². The van der Waals surface area contributed by atoms with Crippen LogP contribution < -0.4 is 10.6 Å². The van der Waals surface area contributed by atoms with E-state index in [0.29, 0.717) is 12.5 Å². The average Bonchev–Trinajstić information content (AvgIpc) is 3.11. The molecule has 0 atom stereocenters. The first-order valence-electron chi connectivity index (χ1n) is 7.39. The van der Waals surface area contributed by atoms with Gasteiger partial charge in [0.15, 0.2) is 11.7 Å². The second-order valence-corrected chi connectivity index (χ2v) is 6.66. The van der Waals surface area contributed by atoms with Crippen molar-refractivity contribution in [3.05, 3.63) is 33.6 Å². The van der Waals surface area contributed by atoms with E-state index < -0.39 is 0 Å². The Labute approximate surface area is 135 Å². The number of aryl methyl sites for hydroxylation is 1. The van der Waals surface area contributed by atoms with Crippen molar-refractivity contribution in [1.29, 1.82) is 0 Å². The molecule has 0 aliphatic heterocycles. The quantitative estimate of drug-likeness (QED) is 0.631. The van der Waals surface area contributed by atoms with Crippen LogP contribution in [0.15, 0.2) is 21.8 Å². The lowest BCUT2D eigenvalue weighted by molar-refractivity contribution is 0.372. The van der Waals surface area contributed by atoms with E-state index >= 15 is 0 Å². The SMILES string of the molecule is CN=C(NCCc1ncc(C)s1)NCc1cc(C(C)C)no1. The van der Waals surface area contributed by atoms with E-state index in [0.717, 1.165) is 35.4 Å². The van der Waals surface area contributed by atoms with Crippen LogP contribution in [-0.4, -0.2) is 29.7 Å². The fourth-order valence-corrected chi connectivity index (χ4v) is 2.67. The topological polar surface area (TPSA) is 75.3 Å². The molecule has 120 valence electrons. The first-order chi connectivity index (χ1) is 10.6. The molecule has 2 aromatic rings. The number of hydrogen-bond acceptors (Lipinski definition) is 5. The second kappa shape index (κ2) is 7.93. The number of rotatable bonds is 6. The molecule has 0 bridgehead atoms. The number of thiazole rings is 1. The van der Waals surface area contributed by atoms with Gasteiger partial charge in [0.2, 0.25) is 0 Å². The molecule has 0 aliphatic carbocycles. The Morgan fingerprint density at radius 2 is 2.23 bits per heavy atom. The van der Waals surface area contributed by atoms with E-state index in [4.69, 9.17) is 4.52 Å². The molecule has 0 amide bonds. The van der Waals surface area contributed by atoms with Crippen molar-refractivity contribution in [3.63, 3.8) is 0 Å². The molecular formula is C15H23N5OS. The third-order valence-corrected chi connectivity index (χ3v) is 4.10. The van der Waals surface area contributed by atoms with Gasteiger partial charge < -0.3 is 15.2 Å². The van der Waals surface area contributed by atoms with Crippen molar-refractivity contribution in [3.8, 4) is 0 Å². The van der Waals surface area contributed by atoms with E-state index in [1.807, 2.05) is 12.3 Å². The number of nitrogens with zero attached hydrogens (tertiary/aromatic N) is 3. The zero-order valence-electron chi connectivity index (χ0n) is 13.5. The van der Waals surface area contributed by atoms with Gasteiger partial charge in [0.05, 0.1) is 17.2 Å². The van der Waals surface area contributed by atoms with Crippen LogP contribution in [0.1, 0.15) is 41.1 Å². The normalized spacial score (nSPS) is 12.0. The third-order valence-electron chi connectivity index (χ3n) is 3.12. The highest BCUT2D eigenvalue weighted by Crippen LogP contribution is 2.13.